The fraction of sp³-hybridized carbons (Fsp3) is 0.400. The van der Waals surface area contributed by atoms with E-state index in [4.69, 9.17) is 23.4 Å². The number of aromatic amines is 2. The predicted molar refractivity (Wildman–Crippen MR) is 44.1 cm³/mol. The maximum Gasteiger partial charge on any atom is 0.144 e. The highest BCUT2D eigenvalue weighted by Crippen LogP contribution is 2.08. The number of hydrogen-bond acceptors (Lipinski definition) is 4. The number of nitrogens with zero attached hydrogens (tertiary/aromatic N) is 1. The topological polar surface area (TPSA) is 94.3 Å². The summed E-state index contributed by atoms with van der Waals surface area (Å²) in [4.78, 5) is 0. The molecule has 0 aliphatic rings. The summed E-state index contributed by atoms with van der Waals surface area (Å²) in [5, 5.41) is 15.8. The van der Waals surface area contributed by atoms with E-state index in [0.717, 1.165) is 0 Å². The van der Waals surface area contributed by atoms with Gasteiger partial charge in [-0.25, -0.2) is 5.21 Å². The largest absolute Gasteiger partial charge is 0.322 e. The Morgan fingerprint density at radius 2 is 2.55 bits per heavy atom. The molecule has 6 heteroatoms. The van der Waals surface area contributed by atoms with Crippen LogP contribution in [0, 0.1) is 10.0 Å². The van der Waals surface area contributed by atoms with E-state index in [0.29, 0.717) is 16.8 Å². The second kappa shape index (κ2) is 3.40. The van der Waals surface area contributed by atoms with Crippen LogP contribution in [0.2, 0.25) is 0 Å². The molecule has 5 nitrogen and oxygen atoms in total. The molecule has 0 saturated carbocycles. The van der Waals surface area contributed by atoms with Crippen LogP contribution in [-0.4, -0.2) is 21.6 Å². The SMILES string of the molecule is N=CCC(N)c1n[nH][nH]c1=S. The zero-order valence-corrected chi connectivity index (χ0v) is 6.61. The lowest BCUT2D eigenvalue weighted by Crippen LogP contribution is -2.11. The fourth-order valence-electron chi connectivity index (χ4n) is 0.744. The van der Waals surface area contributed by atoms with Gasteiger partial charge in [-0.2, -0.15) is 5.10 Å². The van der Waals surface area contributed by atoms with Crippen LogP contribution in [0.4, 0.5) is 0 Å². The van der Waals surface area contributed by atoms with Gasteiger partial charge in [-0.1, -0.05) is 12.2 Å². The van der Waals surface area contributed by atoms with Gasteiger partial charge in [0.2, 0.25) is 0 Å². The van der Waals surface area contributed by atoms with E-state index in [2.05, 4.69) is 15.4 Å². The molecule has 0 saturated heterocycles. The van der Waals surface area contributed by atoms with Crippen LogP contribution in [0.3, 0.4) is 0 Å². The van der Waals surface area contributed by atoms with E-state index in [1.54, 1.807) is 0 Å². The second-order valence-electron chi connectivity index (χ2n) is 2.11. The summed E-state index contributed by atoms with van der Waals surface area (Å²) in [5.41, 5.74) is 6.24. The number of hydrogen-bond donors (Lipinski definition) is 4. The van der Waals surface area contributed by atoms with Gasteiger partial charge in [-0.3, -0.25) is 5.10 Å². The van der Waals surface area contributed by atoms with E-state index in [9.17, 15) is 0 Å². The Labute approximate surface area is 68.5 Å². The summed E-state index contributed by atoms with van der Waals surface area (Å²) in [6.07, 6.45) is 1.70. The summed E-state index contributed by atoms with van der Waals surface area (Å²) in [7, 11) is 0. The molecule has 1 heterocycles. The van der Waals surface area contributed by atoms with Crippen molar-refractivity contribution in [3.8, 4) is 0 Å². The summed E-state index contributed by atoms with van der Waals surface area (Å²) >= 11 is 4.87. The maximum absolute atomic E-state index is 6.82. The van der Waals surface area contributed by atoms with Crippen molar-refractivity contribution in [1.29, 1.82) is 5.41 Å². The maximum atomic E-state index is 6.82. The van der Waals surface area contributed by atoms with Crippen LogP contribution in [0.15, 0.2) is 0 Å². The highest BCUT2D eigenvalue weighted by Gasteiger charge is 2.08. The normalized spacial score (nSPS) is 12.8. The molecule has 0 bridgehead atoms. The molecule has 1 aromatic heterocycles. The third-order valence-corrected chi connectivity index (χ3v) is 1.61. The molecule has 1 atom stereocenters. The van der Waals surface area contributed by atoms with Crippen molar-refractivity contribution in [2.24, 2.45) is 5.73 Å². The Balaban J connectivity index is 2.83. The Bertz CT molecular complexity index is 287. The molecule has 0 spiro atoms. The van der Waals surface area contributed by atoms with Crippen molar-refractivity contribution in [2.75, 3.05) is 0 Å². The lowest BCUT2D eigenvalue weighted by molar-refractivity contribution is 0.728. The molecule has 11 heavy (non-hydrogen) atoms. The highest BCUT2D eigenvalue weighted by molar-refractivity contribution is 7.71. The first-order chi connectivity index (χ1) is 5.25. The summed E-state index contributed by atoms with van der Waals surface area (Å²) in [6.45, 7) is 0. The molecule has 60 valence electrons. The van der Waals surface area contributed by atoms with Crippen LogP contribution in [-0.2, 0) is 0 Å². The number of aromatic nitrogens is 3. The summed E-state index contributed by atoms with van der Waals surface area (Å²) in [5.74, 6) is 0. The first kappa shape index (κ1) is 8.09. The van der Waals surface area contributed by atoms with Gasteiger partial charge in [0.25, 0.3) is 0 Å². The molecule has 0 radical (unpaired) electrons. The third kappa shape index (κ3) is 1.72. The van der Waals surface area contributed by atoms with E-state index in [1.807, 2.05) is 0 Å². The van der Waals surface area contributed by atoms with Crippen molar-refractivity contribution >= 4 is 18.4 Å². The Morgan fingerprint density at radius 3 is 3.00 bits per heavy atom. The van der Waals surface area contributed by atoms with Gasteiger partial charge in [0, 0.05) is 6.42 Å². The average Bonchev–Trinajstić information content (AvgIpc) is 2.36. The van der Waals surface area contributed by atoms with Gasteiger partial charge in [-0.05, 0) is 6.21 Å². The standard InChI is InChI=1S/C5H9N5S/c6-2-1-3(7)4-5(11)9-10-8-4/h2-3,6H,1,7H2,(H2,8,9,10,11). The van der Waals surface area contributed by atoms with Crippen LogP contribution >= 0.6 is 12.2 Å². The molecule has 1 aromatic rings. The lowest BCUT2D eigenvalue weighted by atomic mass is 10.2. The monoisotopic (exact) mass is 171 g/mol. The van der Waals surface area contributed by atoms with Crippen molar-refractivity contribution < 1.29 is 0 Å². The molecule has 5 N–H and O–H groups in total. The smallest absolute Gasteiger partial charge is 0.144 e. The van der Waals surface area contributed by atoms with Crippen LogP contribution in [0.1, 0.15) is 18.2 Å². The van der Waals surface area contributed by atoms with Crippen LogP contribution in [0.25, 0.3) is 0 Å². The second-order valence-corrected chi connectivity index (χ2v) is 2.52. The van der Waals surface area contributed by atoms with E-state index >= 15 is 0 Å². The minimum absolute atomic E-state index is 0.275. The molecule has 0 aromatic carbocycles. The number of rotatable bonds is 3. The van der Waals surface area contributed by atoms with Gasteiger partial charge in [0.05, 0.1) is 6.04 Å². The number of nitrogens with two attached hydrogens (primary N) is 1. The average molecular weight is 171 g/mol. The van der Waals surface area contributed by atoms with Gasteiger partial charge >= 0.3 is 0 Å². The van der Waals surface area contributed by atoms with Gasteiger partial charge in [0.1, 0.15) is 10.3 Å². The van der Waals surface area contributed by atoms with E-state index < -0.39 is 0 Å². The van der Waals surface area contributed by atoms with E-state index in [-0.39, 0.29) is 6.04 Å². The molecule has 1 rings (SSSR count). The van der Waals surface area contributed by atoms with Crippen molar-refractivity contribution in [3.63, 3.8) is 0 Å². The van der Waals surface area contributed by atoms with Gasteiger partial charge < -0.3 is 11.1 Å². The Morgan fingerprint density at radius 1 is 1.82 bits per heavy atom. The molecule has 0 amide bonds. The van der Waals surface area contributed by atoms with Crippen LogP contribution in [0.5, 0.6) is 0 Å². The molecular weight excluding hydrogens is 162 g/mol. The third-order valence-electron chi connectivity index (χ3n) is 1.30. The number of H-pyrrole nitrogens is 2. The zero-order valence-electron chi connectivity index (χ0n) is 5.79. The van der Waals surface area contributed by atoms with Gasteiger partial charge in [0.15, 0.2) is 0 Å². The van der Waals surface area contributed by atoms with Gasteiger partial charge in [-0.15, -0.1) is 0 Å². The molecule has 1 unspecified atom stereocenters. The molecule has 0 aliphatic carbocycles. The molecule has 0 fully saturated rings. The quantitative estimate of drug-likeness (QED) is 0.394. The van der Waals surface area contributed by atoms with E-state index in [1.165, 1.54) is 6.21 Å². The highest BCUT2D eigenvalue weighted by atomic mass is 32.1. The van der Waals surface area contributed by atoms with Crippen molar-refractivity contribution in [1.82, 2.24) is 15.4 Å². The minimum atomic E-state index is -0.275. The molecular formula is C5H9N5S. The summed E-state index contributed by atoms with van der Waals surface area (Å²) < 4.78 is 0.513. The minimum Gasteiger partial charge on any atom is -0.322 e. The Hall–Kier alpha value is -1.01. The summed E-state index contributed by atoms with van der Waals surface area (Å²) in [6, 6.07) is -0.275. The zero-order chi connectivity index (χ0) is 8.27. The number of nitrogens with one attached hydrogen (secondary N) is 3. The lowest BCUT2D eigenvalue weighted by Gasteiger charge is -2.01. The van der Waals surface area contributed by atoms with Crippen molar-refractivity contribution in [3.05, 3.63) is 10.3 Å². The fourth-order valence-corrected chi connectivity index (χ4v) is 0.986. The molecule has 0 aliphatic heterocycles. The Kier molecular flexibility index (Phi) is 2.50. The predicted octanol–water partition coefficient (Wildman–Crippen LogP) is 0.507. The van der Waals surface area contributed by atoms with Crippen molar-refractivity contribution in [2.45, 2.75) is 12.5 Å². The van der Waals surface area contributed by atoms with Crippen LogP contribution < -0.4 is 5.73 Å². The first-order valence-corrected chi connectivity index (χ1v) is 3.54. The first-order valence-electron chi connectivity index (χ1n) is 3.13.